The van der Waals surface area contributed by atoms with Gasteiger partial charge in [0.25, 0.3) is 0 Å². The molecule has 0 aromatic heterocycles. The average Bonchev–Trinajstić information content (AvgIpc) is 2.67. The maximum atomic E-state index is 10.1. The van der Waals surface area contributed by atoms with Gasteiger partial charge in [0.2, 0.25) is 0 Å². The van der Waals surface area contributed by atoms with Crippen molar-refractivity contribution in [2.24, 2.45) is 0 Å². The van der Waals surface area contributed by atoms with Crippen molar-refractivity contribution in [1.82, 2.24) is 0 Å². The molecule has 0 saturated carbocycles. The number of rotatable bonds is 12. The number of ether oxygens (including phenoxy) is 3. The zero-order valence-electron chi connectivity index (χ0n) is 15.1. The summed E-state index contributed by atoms with van der Waals surface area (Å²) in [7, 11) is 1.62. The lowest BCUT2D eigenvalue weighted by Gasteiger charge is -2.24. The van der Waals surface area contributed by atoms with Crippen LogP contribution in [0.3, 0.4) is 0 Å². The summed E-state index contributed by atoms with van der Waals surface area (Å²) in [5.74, 6) is 6.44. The van der Waals surface area contributed by atoms with Gasteiger partial charge in [-0.3, -0.25) is 0 Å². The summed E-state index contributed by atoms with van der Waals surface area (Å²) in [5.41, 5.74) is 1.01. The van der Waals surface area contributed by atoms with E-state index >= 15 is 0 Å². The Bertz CT molecular complexity index is 560. The lowest BCUT2D eigenvalue weighted by Crippen LogP contribution is -2.39. The maximum absolute atomic E-state index is 10.1. The highest BCUT2D eigenvalue weighted by molar-refractivity contribution is 5.26. The lowest BCUT2D eigenvalue weighted by atomic mass is 10.1. The number of benzene rings is 1. The summed E-state index contributed by atoms with van der Waals surface area (Å²) in [5, 5.41) is 28.8. The molecule has 6 heteroatoms. The topological polar surface area (TPSA) is 88.4 Å². The Morgan fingerprint density at radius 2 is 1.92 bits per heavy atom. The van der Waals surface area contributed by atoms with Crippen molar-refractivity contribution in [3.8, 4) is 17.6 Å². The van der Waals surface area contributed by atoms with Gasteiger partial charge in [-0.1, -0.05) is 30.0 Å². The fourth-order valence-electron chi connectivity index (χ4n) is 2.14. The van der Waals surface area contributed by atoms with Crippen molar-refractivity contribution in [3.05, 3.63) is 42.5 Å². The molecule has 0 spiro atoms. The normalized spacial score (nSPS) is 14.0. The molecule has 26 heavy (non-hydrogen) atoms. The summed E-state index contributed by atoms with van der Waals surface area (Å²) in [6.45, 7) is 4.39. The molecule has 1 aromatic rings. The predicted molar refractivity (Wildman–Crippen MR) is 98.7 cm³/mol. The molecule has 144 valence electrons. The first kappa shape index (κ1) is 22.2. The second-order valence-electron chi connectivity index (χ2n) is 5.60. The first-order valence-electron chi connectivity index (χ1n) is 8.50. The molecule has 0 radical (unpaired) electrons. The monoisotopic (exact) mass is 364 g/mol. The van der Waals surface area contributed by atoms with Gasteiger partial charge < -0.3 is 29.5 Å². The molecule has 3 unspecified atom stereocenters. The maximum Gasteiger partial charge on any atom is 0.118 e. The van der Waals surface area contributed by atoms with Crippen LogP contribution in [0, 0.1) is 11.8 Å². The van der Waals surface area contributed by atoms with Crippen LogP contribution in [0.5, 0.6) is 5.75 Å². The van der Waals surface area contributed by atoms with Crippen LogP contribution in [0.2, 0.25) is 0 Å². The molecule has 0 fully saturated rings. The number of hydrogen-bond acceptors (Lipinski definition) is 6. The first-order valence-corrected chi connectivity index (χ1v) is 8.50. The van der Waals surface area contributed by atoms with Gasteiger partial charge >= 0.3 is 0 Å². The Morgan fingerprint density at radius 3 is 2.54 bits per heavy atom. The van der Waals surface area contributed by atoms with Crippen molar-refractivity contribution in [1.29, 1.82) is 0 Å². The molecule has 0 aliphatic heterocycles. The third kappa shape index (κ3) is 8.48. The second kappa shape index (κ2) is 13.3. The minimum absolute atomic E-state index is 0.0155. The molecule has 0 aliphatic carbocycles. The highest BCUT2D eigenvalue weighted by Gasteiger charge is 2.25. The van der Waals surface area contributed by atoms with E-state index in [4.69, 9.17) is 19.3 Å². The van der Waals surface area contributed by atoms with E-state index in [1.165, 1.54) is 6.08 Å². The molecule has 0 heterocycles. The Labute approximate surface area is 155 Å². The quantitative estimate of drug-likeness (QED) is 0.294. The fourth-order valence-corrected chi connectivity index (χ4v) is 2.14. The Morgan fingerprint density at radius 1 is 1.19 bits per heavy atom. The first-order chi connectivity index (χ1) is 12.6. The third-order valence-electron chi connectivity index (χ3n) is 3.61. The van der Waals surface area contributed by atoms with E-state index < -0.39 is 18.3 Å². The second-order valence-corrected chi connectivity index (χ2v) is 5.60. The lowest BCUT2D eigenvalue weighted by molar-refractivity contribution is -0.0855. The zero-order chi connectivity index (χ0) is 19.2. The van der Waals surface area contributed by atoms with E-state index in [1.807, 2.05) is 24.3 Å². The molecule has 0 aliphatic rings. The van der Waals surface area contributed by atoms with Crippen LogP contribution in [0.15, 0.2) is 36.9 Å². The SMILES string of the molecule is C=CC(O)C(OCCCO)C(O)CC#CCOCc1ccc(OC)cc1. The molecule has 1 aromatic carbocycles. The van der Waals surface area contributed by atoms with E-state index in [9.17, 15) is 10.2 Å². The highest BCUT2D eigenvalue weighted by Crippen LogP contribution is 2.12. The summed E-state index contributed by atoms with van der Waals surface area (Å²) in [6, 6.07) is 7.56. The molecule has 0 amide bonds. The number of aliphatic hydroxyl groups is 3. The molecule has 6 nitrogen and oxygen atoms in total. The van der Waals surface area contributed by atoms with Crippen LogP contribution in [0.1, 0.15) is 18.4 Å². The van der Waals surface area contributed by atoms with Crippen LogP contribution in [0.25, 0.3) is 0 Å². The molecular weight excluding hydrogens is 336 g/mol. The van der Waals surface area contributed by atoms with Crippen LogP contribution >= 0.6 is 0 Å². The molecule has 1 rings (SSSR count). The Hall–Kier alpha value is -1.88. The van der Waals surface area contributed by atoms with Crippen LogP contribution in [-0.4, -0.2) is 60.6 Å². The zero-order valence-corrected chi connectivity index (χ0v) is 15.1. The van der Waals surface area contributed by atoms with E-state index in [1.54, 1.807) is 7.11 Å². The van der Waals surface area contributed by atoms with Gasteiger partial charge in [0.15, 0.2) is 0 Å². The van der Waals surface area contributed by atoms with E-state index in [0.29, 0.717) is 13.0 Å². The van der Waals surface area contributed by atoms with Crippen molar-refractivity contribution in [2.45, 2.75) is 37.8 Å². The van der Waals surface area contributed by atoms with E-state index in [-0.39, 0.29) is 26.2 Å². The van der Waals surface area contributed by atoms with E-state index in [0.717, 1.165) is 11.3 Å². The van der Waals surface area contributed by atoms with Gasteiger partial charge in [-0.25, -0.2) is 0 Å². The Balaban J connectivity index is 2.35. The van der Waals surface area contributed by atoms with E-state index in [2.05, 4.69) is 18.4 Å². The third-order valence-corrected chi connectivity index (χ3v) is 3.61. The van der Waals surface area contributed by atoms with Crippen LogP contribution in [-0.2, 0) is 16.1 Å². The molecule has 3 atom stereocenters. The Kier molecular flexibility index (Phi) is 11.4. The minimum Gasteiger partial charge on any atom is -0.497 e. The van der Waals surface area contributed by atoms with Crippen LogP contribution in [0.4, 0.5) is 0 Å². The molecule has 0 bridgehead atoms. The average molecular weight is 364 g/mol. The largest absolute Gasteiger partial charge is 0.497 e. The van der Waals surface area contributed by atoms with Gasteiger partial charge in [0.05, 0.1) is 19.8 Å². The van der Waals surface area contributed by atoms with Crippen molar-refractivity contribution >= 4 is 0 Å². The van der Waals surface area contributed by atoms with Crippen molar-refractivity contribution in [3.63, 3.8) is 0 Å². The van der Waals surface area contributed by atoms with Crippen molar-refractivity contribution < 1.29 is 29.5 Å². The van der Waals surface area contributed by atoms with Crippen molar-refractivity contribution in [2.75, 3.05) is 26.9 Å². The standard InChI is InChI=1S/C20H28O6/c1-3-18(22)20(26-14-6-12-21)19(23)7-4-5-13-25-15-16-8-10-17(24-2)11-9-16/h3,8-11,18-23H,1,6-7,12-15H2,2H3. The fraction of sp³-hybridized carbons (Fsp3) is 0.500. The summed E-state index contributed by atoms with van der Waals surface area (Å²) >= 11 is 0. The van der Waals surface area contributed by atoms with Gasteiger partial charge in [-0.2, -0.15) is 0 Å². The molecule has 3 N–H and O–H groups in total. The predicted octanol–water partition coefficient (Wildman–Crippen LogP) is 1.28. The van der Waals surface area contributed by atoms with Gasteiger partial charge in [-0.15, -0.1) is 6.58 Å². The molecule has 0 saturated heterocycles. The smallest absolute Gasteiger partial charge is 0.118 e. The van der Waals surface area contributed by atoms with Gasteiger partial charge in [0.1, 0.15) is 24.6 Å². The number of aliphatic hydroxyl groups excluding tert-OH is 3. The summed E-state index contributed by atoms with van der Waals surface area (Å²) < 4.78 is 16.0. The number of methoxy groups -OCH3 is 1. The highest BCUT2D eigenvalue weighted by atomic mass is 16.5. The number of hydrogen-bond donors (Lipinski definition) is 3. The summed E-state index contributed by atoms with van der Waals surface area (Å²) in [6.07, 6.45) is -0.919. The minimum atomic E-state index is -1.00. The van der Waals surface area contributed by atoms with Gasteiger partial charge in [0, 0.05) is 19.6 Å². The van der Waals surface area contributed by atoms with Gasteiger partial charge in [-0.05, 0) is 24.1 Å². The van der Waals surface area contributed by atoms with Crippen LogP contribution < -0.4 is 4.74 Å². The summed E-state index contributed by atoms with van der Waals surface area (Å²) in [4.78, 5) is 0. The molecular formula is C20H28O6.